The summed E-state index contributed by atoms with van der Waals surface area (Å²) in [4.78, 5) is 14.8. The highest BCUT2D eigenvalue weighted by atomic mass is 32.2. The van der Waals surface area contributed by atoms with Crippen LogP contribution < -0.4 is 0 Å². The van der Waals surface area contributed by atoms with E-state index in [0.29, 0.717) is 17.9 Å². The molecule has 1 saturated heterocycles. The predicted molar refractivity (Wildman–Crippen MR) is 97.1 cm³/mol. The molecule has 1 amide bonds. The normalized spacial score (nSPS) is 26.9. The molecule has 144 valence electrons. The van der Waals surface area contributed by atoms with Gasteiger partial charge in [-0.1, -0.05) is 18.2 Å². The van der Waals surface area contributed by atoms with Gasteiger partial charge in [0.05, 0.1) is 12.3 Å². The van der Waals surface area contributed by atoms with Gasteiger partial charge in [0.25, 0.3) is 5.91 Å². The molecule has 0 radical (unpaired) electrons. The van der Waals surface area contributed by atoms with Gasteiger partial charge in [-0.3, -0.25) is 4.79 Å². The molecule has 0 aromatic carbocycles. The first-order valence-electron chi connectivity index (χ1n) is 8.93. The molecule has 0 aromatic rings. The highest BCUT2D eigenvalue weighted by molar-refractivity contribution is 7.86. The third kappa shape index (κ3) is 3.80. The Labute approximate surface area is 158 Å². The number of carbonyl (C=O) groups is 1. The van der Waals surface area contributed by atoms with Crippen LogP contribution >= 0.6 is 0 Å². The topological polar surface area (TPSA) is 82.1 Å². The lowest BCUT2D eigenvalue weighted by atomic mass is 10.0. The van der Waals surface area contributed by atoms with Crippen molar-refractivity contribution < 1.29 is 26.9 Å². The van der Waals surface area contributed by atoms with Crippen LogP contribution in [-0.2, 0) is 28.6 Å². The number of hydrogen-bond acceptors (Lipinski definition) is 6. The molecule has 0 saturated carbocycles. The minimum Gasteiger partial charge on any atom is -0.465 e. The summed E-state index contributed by atoms with van der Waals surface area (Å²) < 4.78 is 39.0. The summed E-state index contributed by atoms with van der Waals surface area (Å²) in [5, 5.41) is 0. The number of allylic oxidation sites excluding steroid dienone is 4. The zero-order valence-electron chi connectivity index (χ0n) is 15.0. The summed E-state index contributed by atoms with van der Waals surface area (Å²) in [5.74, 6) is 0.838. The molecule has 4 aliphatic rings. The Bertz CT molecular complexity index is 908. The van der Waals surface area contributed by atoms with Gasteiger partial charge < -0.3 is 18.6 Å². The Hall–Kier alpha value is -2.48. The van der Waals surface area contributed by atoms with Crippen LogP contribution in [0.25, 0.3) is 0 Å². The lowest BCUT2D eigenvalue weighted by Crippen LogP contribution is -2.44. The molecule has 27 heavy (non-hydrogen) atoms. The van der Waals surface area contributed by atoms with Gasteiger partial charge in [-0.05, 0) is 37.3 Å². The van der Waals surface area contributed by atoms with Crippen molar-refractivity contribution in [3.63, 3.8) is 0 Å². The fourth-order valence-electron chi connectivity index (χ4n) is 3.86. The van der Waals surface area contributed by atoms with Crippen LogP contribution in [-0.4, -0.2) is 37.6 Å². The van der Waals surface area contributed by atoms with Gasteiger partial charge in [0.15, 0.2) is 5.76 Å². The number of carbonyl (C=O) groups excluding carboxylic acids is 1. The molecule has 2 atom stereocenters. The number of nitrogens with zero attached hydrogens (tertiary/aromatic N) is 1. The maximum absolute atomic E-state index is 13.0. The first-order valence-corrected chi connectivity index (χ1v) is 10.7. The number of fused-ring (bicyclic) bond motifs is 2. The second kappa shape index (κ2) is 6.92. The predicted octanol–water partition coefficient (Wildman–Crippen LogP) is 2.62. The first kappa shape index (κ1) is 17.9. The average molecular weight is 391 g/mol. The maximum Gasteiger partial charge on any atom is 0.305 e. The van der Waals surface area contributed by atoms with Crippen molar-refractivity contribution in [1.82, 2.24) is 4.90 Å². The zero-order chi connectivity index (χ0) is 19.0. The van der Waals surface area contributed by atoms with E-state index in [0.717, 1.165) is 37.5 Å². The number of amides is 1. The van der Waals surface area contributed by atoms with Crippen molar-refractivity contribution in [3.05, 3.63) is 59.7 Å². The highest BCUT2D eigenvalue weighted by Gasteiger charge is 2.42. The molecule has 1 fully saturated rings. The summed E-state index contributed by atoms with van der Waals surface area (Å²) in [6.07, 6.45) is 15.2. The number of ether oxygens (including phenoxy) is 2. The van der Waals surface area contributed by atoms with Gasteiger partial charge in [-0.25, -0.2) is 0 Å². The minimum atomic E-state index is -3.57. The lowest BCUT2D eigenvalue weighted by Gasteiger charge is -2.34. The van der Waals surface area contributed by atoms with E-state index in [-0.39, 0.29) is 23.8 Å². The van der Waals surface area contributed by atoms with Crippen LogP contribution in [0, 0.1) is 0 Å². The second-order valence-electron chi connectivity index (χ2n) is 7.00. The van der Waals surface area contributed by atoms with Crippen LogP contribution in [0.3, 0.4) is 0 Å². The van der Waals surface area contributed by atoms with Gasteiger partial charge in [-0.15, -0.1) is 0 Å². The largest absolute Gasteiger partial charge is 0.465 e. The van der Waals surface area contributed by atoms with Crippen molar-refractivity contribution in [3.8, 4) is 0 Å². The molecule has 1 aliphatic carbocycles. The van der Waals surface area contributed by atoms with E-state index in [1.807, 2.05) is 12.2 Å². The van der Waals surface area contributed by atoms with Gasteiger partial charge in [0, 0.05) is 12.5 Å². The van der Waals surface area contributed by atoms with Crippen LogP contribution in [0.1, 0.15) is 32.1 Å². The third-order valence-corrected chi connectivity index (χ3v) is 5.48. The Morgan fingerprint density at radius 2 is 2.15 bits per heavy atom. The Kier molecular flexibility index (Phi) is 4.59. The summed E-state index contributed by atoms with van der Waals surface area (Å²) in [6.45, 7) is 0. The van der Waals surface area contributed by atoms with Crippen LogP contribution in [0.5, 0.6) is 0 Å². The average Bonchev–Trinajstić information content (AvgIpc) is 2.91. The Balaban J connectivity index is 1.48. The minimum absolute atomic E-state index is 0.111. The fraction of sp³-hybridized carbons (Fsp3) is 0.421. The smallest absolute Gasteiger partial charge is 0.305 e. The maximum atomic E-state index is 13.0. The van der Waals surface area contributed by atoms with Crippen molar-refractivity contribution in [1.29, 1.82) is 0 Å². The molecular formula is C19H21NO6S. The Morgan fingerprint density at radius 3 is 2.85 bits per heavy atom. The molecule has 2 bridgehead atoms. The Morgan fingerprint density at radius 1 is 1.30 bits per heavy atom. The molecular weight excluding hydrogens is 370 g/mol. The molecule has 3 heterocycles. The van der Waals surface area contributed by atoms with Crippen LogP contribution in [0.2, 0.25) is 0 Å². The summed E-state index contributed by atoms with van der Waals surface area (Å²) in [5.41, 5.74) is 0.987. The monoisotopic (exact) mass is 391 g/mol. The summed E-state index contributed by atoms with van der Waals surface area (Å²) in [6, 6.07) is -0.316. The molecule has 0 spiro atoms. The number of hydrogen-bond donors (Lipinski definition) is 0. The lowest BCUT2D eigenvalue weighted by molar-refractivity contribution is -0.133. The van der Waals surface area contributed by atoms with Gasteiger partial charge in [0.2, 0.25) is 5.76 Å². The molecule has 3 aliphatic heterocycles. The van der Waals surface area contributed by atoms with Crippen molar-refractivity contribution in [2.45, 2.75) is 44.2 Å². The van der Waals surface area contributed by atoms with E-state index in [1.165, 1.54) is 12.5 Å². The fourth-order valence-corrected chi connectivity index (χ4v) is 4.37. The molecule has 0 aromatic heterocycles. The van der Waals surface area contributed by atoms with Crippen LogP contribution in [0.4, 0.5) is 0 Å². The van der Waals surface area contributed by atoms with Crippen molar-refractivity contribution in [2.75, 3.05) is 6.26 Å². The van der Waals surface area contributed by atoms with Gasteiger partial charge in [0.1, 0.15) is 18.3 Å². The van der Waals surface area contributed by atoms with E-state index in [9.17, 15) is 13.2 Å². The molecule has 0 N–H and O–H groups in total. The standard InChI is InChI=1S/C19H21NO6S/c1-27(22,23)26-16-9-14-7-8-15(10-16)20(14)19(21)18-12-24-11-17(25-18)13-5-3-2-4-6-13/h2-3,5,9,11-12,14-15H,4,6-8,10H2,1H3. The van der Waals surface area contributed by atoms with E-state index in [1.54, 1.807) is 11.0 Å². The van der Waals surface area contributed by atoms with E-state index in [4.69, 9.17) is 13.7 Å². The quantitative estimate of drug-likeness (QED) is 0.685. The summed E-state index contributed by atoms with van der Waals surface area (Å²) >= 11 is 0. The summed E-state index contributed by atoms with van der Waals surface area (Å²) in [7, 11) is -3.57. The third-order valence-electron chi connectivity index (χ3n) is 4.97. The molecule has 7 nitrogen and oxygen atoms in total. The van der Waals surface area contributed by atoms with Gasteiger partial charge in [-0.2, -0.15) is 8.42 Å². The molecule has 2 unspecified atom stereocenters. The number of rotatable bonds is 4. The van der Waals surface area contributed by atoms with E-state index < -0.39 is 10.1 Å². The van der Waals surface area contributed by atoms with E-state index in [2.05, 4.69) is 6.08 Å². The van der Waals surface area contributed by atoms with Crippen molar-refractivity contribution in [2.24, 2.45) is 0 Å². The highest BCUT2D eigenvalue weighted by Crippen LogP contribution is 2.37. The van der Waals surface area contributed by atoms with Crippen molar-refractivity contribution >= 4 is 16.0 Å². The van der Waals surface area contributed by atoms with Gasteiger partial charge >= 0.3 is 10.1 Å². The second-order valence-corrected chi connectivity index (χ2v) is 8.57. The first-order chi connectivity index (χ1) is 12.9. The van der Waals surface area contributed by atoms with E-state index >= 15 is 0 Å². The molecule has 4 rings (SSSR count). The van der Waals surface area contributed by atoms with Crippen LogP contribution in [0.15, 0.2) is 59.7 Å². The molecule has 8 heteroatoms. The zero-order valence-corrected chi connectivity index (χ0v) is 15.8. The SMILES string of the molecule is CS(=O)(=O)OC1=CC2CCC(C1)N2C(=O)C1=COC=C(C2=CC=CCC2)O1.